The summed E-state index contributed by atoms with van der Waals surface area (Å²) in [5.74, 6) is 1.82. The number of carbonyl (C=O) groups excluding carboxylic acids is 1. The molecule has 4 rings (SSSR count). The lowest BCUT2D eigenvalue weighted by atomic mass is 10.0. The highest BCUT2D eigenvalue weighted by atomic mass is 16.5. The van der Waals surface area contributed by atoms with Crippen LogP contribution in [-0.4, -0.2) is 40.8 Å². The molecule has 1 amide bonds. The summed E-state index contributed by atoms with van der Waals surface area (Å²) in [6.45, 7) is 5.33. The maximum Gasteiger partial charge on any atom is 0.230 e. The zero-order chi connectivity index (χ0) is 23.4. The van der Waals surface area contributed by atoms with E-state index in [2.05, 4.69) is 20.2 Å². The lowest BCUT2D eigenvalue weighted by molar-refractivity contribution is -0.119. The van der Waals surface area contributed by atoms with Gasteiger partial charge >= 0.3 is 0 Å². The van der Waals surface area contributed by atoms with Crippen LogP contribution in [0.3, 0.4) is 0 Å². The predicted molar refractivity (Wildman–Crippen MR) is 129 cm³/mol. The molecular formula is C25H29N6O2+. The van der Waals surface area contributed by atoms with E-state index in [0.29, 0.717) is 35.1 Å². The quantitative estimate of drug-likeness (QED) is 0.378. The van der Waals surface area contributed by atoms with E-state index >= 15 is 0 Å². The predicted octanol–water partition coefficient (Wildman–Crippen LogP) is 1.91. The number of hydrogen-bond donors (Lipinski definition) is 3. The zero-order valence-electron chi connectivity index (χ0n) is 18.9. The van der Waals surface area contributed by atoms with Crippen molar-refractivity contribution in [2.75, 3.05) is 29.0 Å². The van der Waals surface area contributed by atoms with Crippen LogP contribution in [0, 0.1) is 5.92 Å². The van der Waals surface area contributed by atoms with Crippen molar-refractivity contribution in [2.24, 2.45) is 5.92 Å². The zero-order valence-corrected chi connectivity index (χ0v) is 18.9. The summed E-state index contributed by atoms with van der Waals surface area (Å²) in [5.41, 5.74) is 8.60. The molecular weight excluding hydrogens is 416 g/mol. The van der Waals surface area contributed by atoms with Gasteiger partial charge in [0.15, 0.2) is 0 Å². The SMILES string of the molecule is CC(C)Oc1ccc(N)c(C(=[NH2+])c2ccnc(NC(=O)C3CCN(c4ccccn4)C3)c2)c1. The molecule has 1 fully saturated rings. The molecule has 5 N–H and O–H groups in total. The van der Waals surface area contributed by atoms with Crippen LogP contribution in [0.15, 0.2) is 60.9 Å². The molecule has 1 aliphatic rings. The van der Waals surface area contributed by atoms with Crippen LogP contribution >= 0.6 is 0 Å². The molecule has 33 heavy (non-hydrogen) atoms. The van der Waals surface area contributed by atoms with Crippen molar-refractivity contribution in [3.05, 3.63) is 72.1 Å². The molecule has 8 heteroatoms. The largest absolute Gasteiger partial charge is 0.491 e. The van der Waals surface area contributed by atoms with E-state index in [-0.39, 0.29) is 17.9 Å². The number of aromatic nitrogens is 2. The summed E-state index contributed by atoms with van der Waals surface area (Å²) < 4.78 is 5.77. The van der Waals surface area contributed by atoms with Crippen LogP contribution in [0.25, 0.3) is 0 Å². The van der Waals surface area contributed by atoms with E-state index in [0.717, 1.165) is 24.3 Å². The second-order valence-corrected chi connectivity index (χ2v) is 8.37. The molecule has 0 saturated carbocycles. The fourth-order valence-corrected chi connectivity index (χ4v) is 3.89. The molecule has 3 heterocycles. The molecule has 1 aliphatic heterocycles. The van der Waals surface area contributed by atoms with Crippen LogP contribution in [-0.2, 0) is 4.79 Å². The van der Waals surface area contributed by atoms with E-state index in [1.54, 1.807) is 30.6 Å². The number of nitrogens with zero attached hydrogens (tertiary/aromatic N) is 3. The summed E-state index contributed by atoms with van der Waals surface area (Å²) in [5, 5.41) is 9.38. The smallest absolute Gasteiger partial charge is 0.230 e. The minimum Gasteiger partial charge on any atom is -0.491 e. The molecule has 2 aromatic heterocycles. The third-order valence-electron chi connectivity index (χ3n) is 5.54. The molecule has 3 aromatic rings. The Morgan fingerprint density at radius 2 is 2.03 bits per heavy atom. The van der Waals surface area contributed by atoms with E-state index < -0.39 is 0 Å². The molecule has 170 valence electrons. The first-order chi connectivity index (χ1) is 15.9. The average molecular weight is 446 g/mol. The van der Waals surface area contributed by atoms with Crippen molar-refractivity contribution in [2.45, 2.75) is 26.4 Å². The molecule has 0 spiro atoms. The van der Waals surface area contributed by atoms with Gasteiger partial charge < -0.3 is 20.7 Å². The second kappa shape index (κ2) is 9.68. The summed E-state index contributed by atoms with van der Waals surface area (Å²) >= 11 is 0. The Balaban J connectivity index is 1.45. The fourth-order valence-electron chi connectivity index (χ4n) is 3.89. The van der Waals surface area contributed by atoms with Gasteiger partial charge in [-0.25, -0.2) is 9.97 Å². The van der Waals surface area contributed by atoms with Gasteiger partial charge in [0, 0.05) is 31.2 Å². The lowest BCUT2D eigenvalue weighted by Crippen LogP contribution is -2.41. The molecule has 1 saturated heterocycles. The van der Waals surface area contributed by atoms with Gasteiger partial charge in [0.05, 0.1) is 23.1 Å². The van der Waals surface area contributed by atoms with Gasteiger partial charge in [-0.3, -0.25) is 10.2 Å². The monoisotopic (exact) mass is 445 g/mol. The summed E-state index contributed by atoms with van der Waals surface area (Å²) in [4.78, 5) is 23.7. The Hall–Kier alpha value is -3.94. The summed E-state index contributed by atoms with van der Waals surface area (Å²) in [7, 11) is 0. The Morgan fingerprint density at radius 1 is 1.18 bits per heavy atom. The number of amides is 1. The fraction of sp³-hybridized carbons (Fsp3) is 0.280. The Morgan fingerprint density at radius 3 is 2.79 bits per heavy atom. The molecule has 8 nitrogen and oxygen atoms in total. The first-order valence-corrected chi connectivity index (χ1v) is 11.0. The standard InChI is InChI=1S/C25H28N6O2/c1-16(2)33-19-6-7-21(26)20(14-19)24(27)17-8-11-28-22(13-17)30-25(32)18-9-12-31(15-18)23-5-3-4-10-29-23/h3-8,10-11,13-14,16,18,27H,9,12,15,26H2,1-2H3,(H,28,30,32)/p+1. The molecule has 0 radical (unpaired) electrons. The van der Waals surface area contributed by atoms with Gasteiger partial charge in [-0.2, -0.15) is 0 Å². The lowest BCUT2D eigenvalue weighted by Gasteiger charge is -2.17. The Kier molecular flexibility index (Phi) is 6.53. The maximum absolute atomic E-state index is 12.9. The second-order valence-electron chi connectivity index (χ2n) is 8.37. The van der Waals surface area contributed by atoms with Gasteiger partial charge in [-0.1, -0.05) is 6.07 Å². The molecule has 0 aliphatic carbocycles. The number of benzene rings is 1. The summed E-state index contributed by atoms with van der Waals surface area (Å²) in [6, 6.07) is 14.8. The first-order valence-electron chi connectivity index (χ1n) is 11.0. The molecule has 1 atom stereocenters. The number of nitrogens with two attached hydrogens (primary N) is 2. The minimum atomic E-state index is -0.140. The number of carbonyl (C=O) groups is 1. The van der Waals surface area contributed by atoms with Crippen LogP contribution in [0.1, 0.15) is 31.4 Å². The minimum absolute atomic E-state index is 0.0367. The highest BCUT2D eigenvalue weighted by Crippen LogP contribution is 2.25. The molecule has 1 aromatic carbocycles. The third-order valence-corrected chi connectivity index (χ3v) is 5.54. The number of anilines is 3. The molecule has 0 bridgehead atoms. The number of nitrogens with one attached hydrogen (secondary N) is 1. The van der Waals surface area contributed by atoms with Crippen molar-refractivity contribution in [1.82, 2.24) is 9.97 Å². The van der Waals surface area contributed by atoms with E-state index in [1.807, 2.05) is 44.2 Å². The van der Waals surface area contributed by atoms with Crippen molar-refractivity contribution in [3.8, 4) is 5.75 Å². The molecule has 1 unspecified atom stereocenters. The van der Waals surface area contributed by atoms with Crippen molar-refractivity contribution >= 4 is 28.9 Å². The van der Waals surface area contributed by atoms with E-state index in [1.165, 1.54) is 0 Å². The van der Waals surface area contributed by atoms with Gasteiger partial charge in [0.1, 0.15) is 17.4 Å². The summed E-state index contributed by atoms with van der Waals surface area (Å²) in [6.07, 6.45) is 4.18. The van der Waals surface area contributed by atoms with Crippen molar-refractivity contribution in [1.29, 1.82) is 0 Å². The van der Waals surface area contributed by atoms with Crippen LogP contribution in [0.4, 0.5) is 17.3 Å². The number of ether oxygens (including phenoxy) is 1. The number of rotatable bonds is 7. The first kappa shape index (κ1) is 22.3. The number of nitrogen functional groups attached to an aromatic ring is 1. The third kappa shape index (κ3) is 5.28. The van der Waals surface area contributed by atoms with Gasteiger partial charge in [-0.15, -0.1) is 0 Å². The van der Waals surface area contributed by atoms with Crippen LogP contribution < -0.4 is 26.1 Å². The topological polar surface area (TPSA) is 119 Å². The normalized spacial score (nSPS) is 15.5. The van der Waals surface area contributed by atoms with Gasteiger partial charge in [0.2, 0.25) is 11.6 Å². The Bertz CT molecular complexity index is 1150. The highest BCUT2D eigenvalue weighted by Gasteiger charge is 2.29. The van der Waals surface area contributed by atoms with E-state index in [4.69, 9.17) is 15.9 Å². The maximum atomic E-state index is 12.9. The number of hydrogen-bond acceptors (Lipinski definition) is 6. The van der Waals surface area contributed by atoms with Crippen molar-refractivity contribution < 1.29 is 14.9 Å². The Labute approximate surface area is 193 Å². The van der Waals surface area contributed by atoms with Crippen molar-refractivity contribution in [3.63, 3.8) is 0 Å². The van der Waals surface area contributed by atoms with Gasteiger partial charge in [-0.05, 0) is 62.7 Å². The highest BCUT2D eigenvalue weighted by molar-refractivity contribution is 6.12. The van der Waals surface area contributed by atoms with E-state index in [9.17, 15) is 4.79 Å². The average Bonchev–Trinajstić information content (AvgIpc) is 3.31. The van der Waals surface area contributed by atoms with Crippen LogP contribution in [0.2, 0.25) is 0 Å². The number of pyridine rings is 2. The van der Waals surface area contributed by atoms with Crippen LogP contribution in [0.5, 0.6) is 5.75 Å². The van der Waals surface area contributed by atoms with Gasteiger partial charge in [0.25, 0.3) is 0 Å².